The SMILES string of the molecule is Cc1ccc(Cl)cc1OCC(CN)C(F)(F)F. The second-order valence-corrected chi connectivity index (χ2v) is 4.13. The Kier molecular flexibility index (Phi) is 4.65. The van der Waals surface area contributed by atoms with E-state index in [1.807, 2.05) is 0 Å². The van der Waals surface area contributed by atoms with Crippen molar-refractivity contribution in [1.29, 1.82) is 0 Å². The molecule has 1 atom stereocenters. The molecule has 0 spiro atoms. The molecule has 0 aliphatic carbocycles. The van der Waals surface area contributed by atoms with Gasteiger partial charge in [0.25, 0.3) is 0 Å². The van der Waals surface area contributed by atoms with Crippen molar-refractivity contribution in [1.82, 2.24) is 0 Å². The van der Waals surface area contributed by atoms with Gasteiger partial charge in [0.15, 0.2) is 0 Å². The van der Waals surface area contributed by atoms with Crippen LogP contribution in [0.25, 0.3) is 0 Å². The summed E-state index contributed by atoms with van der Waals surface area (Å²) < 4.78 is 42.4. The average Bonchev–Trinajstić information content (AvgIpc) is 2.22. The number of hydrogen-bond acceptors (Lipinski definition) is 2. The number of ether oxygens (including phenoxy) is 1. The van der Waals surface area contributed by atoms with Crippen LogP contribution in [0.3, 0.4) is 0 Å². The van der Waals surface area contributed by atoms with E-state index >= 15 is 0 Å². The van der Waals surface area contributed by atoms with E-state index in [0.717, 1.165) is 5.56 Å². The molecule has 1 aromatic rings. The van der Waals surface area contributed by atoms with Crippen molar-refractivity contribution >= 4 is 11.6 Å². The summed E-state index contributed by atoms with van der Waals surface area (Å²) in [5.74, 6) is -1.32. The van der Waals surface area contributed by atoms with Crippen LogP contribution in [0.1, 0.15) is 5.56 Å². The second kappa shape index (κ2) is 5.60. The Morgan fingerprint density at radius 3 is 2.59 bits per heavy atom. The Labute approximate surface area is 103 Å². The molecule has 0 aliphatic rings. The van der Waals surface area contributed by atoms with Gasteiger partial charge in [-0.2, -0.15) is 13.2 Å². The van der Waals surface area contributed by atoms with Gasteiger partial charge in [0, 0.05) is 11.6 Å². The summed E-state index contributed by atoms with van der Waals surface area (Å²) >= 11 is 5.73. The van der Waals surface area contributed by atoms with Crippen LogP contribution in [0.2, 0.25) is 5.02 Å². The third kappa shape index (κ3) is 4.09. The number of halogens is 4. The van der Waals surface area contributed by atoms with Crippen LogP contribution in [-0.4, -0.2) is 19.3 Å². The van der Waals surface area contributed by atoms with Gasteiger partial charge in [-0.1, -0.05) is 17.7 Å². The first-order valence-corrected chi connectivity index (χ1v) is 5.38. The molecule has 2 nitrogen and oxygen atoms in total. The molecule has 1 aromatic carbocycles. The van der Waals surface area contributed by atoms with E-state index in [1.54, 1.807) is 19.1 Å². The lowest BCUT2D eigenvalue weighted by Gasteiger charge is -2.19. The van der Waals surface area contributed by atoms with Crippen molar-refractivity contribution in [2.24, 2.45) is 11.7 Å². The molecule has 0 aliphatic heterocycles. The molecule has 1 rings (SSSR count). The summed E-state index contributed by atoms with van der Waals surface area (Å²) in [7, 11) is 0. The fraction of sp³-hybridized carbons (Fsp3) is 0.455. The standard InChI is InChI=1S/C11H13ClF3NO/c1-7-2-3-9(12)4-10(7)17-6-8(5-16)11(13,14)15/h2-4,8H,5-6,16H2,1H3. The molecule has 2 N–H and O–H groups in total. The van der Waals surface area contributed by atoms with Crippen LogP contribution < -0.4 is 10.5 Å². The predicted molar refractivity (Wildman–Crippen MR) is 60.3 cm³/mol. The molecule has 17 heavy (non-hydrogen) atoms. The number of nitrogens with two attached hydrogens (primary N) is 1. The Hall–Kier alpha value is -0.940. The molecule has 0 saturated carbocycles. The van der Waals surface area contributed by atoms with E-state index < -0.39 is 25.2 Å². The van der Waals surface area contributed by atoms with Gasteiger partial charge in [-0.3, -0.25) is 0 Å². The topological polar surface area (TPSA) is 35.2 Å². The lowest BCUT2D eigenvalue weighted by molar-refractivity contribution is -0.178. The summed E-state index contributed by atoms with van der Waals surface area (Å²) in [4.78, 5) is 0. The number of alkyl halides is 3. The Morgan fingerprint density at radius 2 is 2.06 bits per heavy atom. The molecule has 0 fully saturated rings. The zero-order valence-corrected chi connectivity index (χ0v) is 9.98. The van der Waals surface area contributed by atoms with Crippen LogP contribution in [-0.2, 0) is 0 Å². The Balaban J connectivity index is 2.69. The van der Waals surface area contributed by atoms with Crippen LogP contribution >= 0.6 is 11.6 Å². The molecule has 0 heterocycles. The molecule has 6 heteroatoms. The summed E-state index contributed by atoms with van der Waals surface area (Å²) in [5, 5.41) is 0.418. The summed E-state index contributed by atoms with van der Waals surface area (Å²) in [6, 6.07) is 4.82. The smallest absolute Gasteiger partial charge is 0.396 e. The van der Waals surface area contributed by atoms with E-state index in [9.17, 15) is 13.2 Å². The first-order chi connectivity index (χ1) is 7.84. The monoisotopic (exact) mass is 267 g/mol. The molecular weight excluding hydrogens is 255 g/mol. The first kappa shape index (κ1) is 14.1. The van der Waals surface area contributed by atoms with Crippen LogP contribution in [0, 0.1) is 12.8 Å². The molecule has 0 aromatic heterocycles. The van der Waals surface area contributed by atoms with E-state index in [0.29, 0.717) is 10.8 Å². The van der Waals surface area contributed by atoms with Crippen LogP contribution in [0.5, 0.6) is 5.75 Å². The summed E-state index contributed by atoms with van der Waals surface area (Å²) in [6.45, 7) is 0.737. The molecule has 96 valence electrons. The molecule has 0 saturated heterocycles. The maximum absolute atomic E-state index is 12.4. The normalized spacial score (nSPS) is 13.5. The highest BCUT2D eigenvalue weighted by Gasteiger charge is 2.39. The fourth-order valence-corrected chi connectivity index (χ4v) is 1.38. The van der Waals surface area contributed by atoms with Gasteiger partial charge in [-0.05, 0) is 24.6 Å². The van der Waals surface area contributed by atoms with Crippen molar-refractivity contribution in [3.05, 3.63) is 28.8 Å². The first-order valence-electron chi connectivity index (χ1n) is 5.00. The van der Waals surface area contributed by atoms with Crippen LogP contribution in [0.15, 0.2) is 18.2 Å². The fourth-order valence-electron chi connectivity index (χ4n) is 1.22. The highest BCUT2D eigenvalue weighted by Crippen LogP contribution is 2.28. The van der Waals surface area contributed by atoms with Gasteiger partial charge in [0.05, 0.1) is 0 Å². The van der Waals surface area contributed by atoms with Gasteiger partial charge < -0.3 is 10.5 Å². The summed E-state index contributed by atoms with van der Waals surface area (Å²) in [6.07, 6.45) is -4.35. The maximum Gasteiger partial charge on any atom is 0.396 e. The minimum Gasteiger partial charge on any atom is -0.493 e. The number of rotatable bonds is 4. The van der Waals surface area contributed by atoms with E-state index in [1.165, 1.54) is 6.07 Å². The van der Waals surface area contributed by atoms with E-state index in [2.05, 4.69) is 0 Å². The van der Waals surface area contributed by atoms with Crippen molar-refractivity contribution in [2.45, 2.75) is 13.1 Å². The summed E-state index contributed by atoms with van der Waals surface area (Å²) in [5.41, 5.74) is 5.79. The second-order valence-electron chi connectivity index (χ2n) is 3.70. The largest absolute Gasteiger partial charge is 0.493 e. The van der Waals surface area contributed by atoms with Gasteiger partial charge in [-0.25, -0.2) is 0 Å². The lowest BCUT2D eigenvalue weighted by Crippen LogP contribution is -2.35. The Bertz CT molecular complexity index is 381. The van der Waals surface area contributed by atoms with Crippen molar-refractivity contribution in [3.8, 4) is 5.75 Å². The van der Waals surface area contributed by atoms with Crippen molar-refractivity contribution in [2.75, 3.05) is 13.2 Å². The average molecular weight is 268 g/mol. The van der Waals surface area contributed by atoms with E-state index in [-0.39, 0.29) is 0 Å². The zero-order valence-electron chi connectivity index (χ0n) is 9.22. The van der Waals surface area contributed by atoms with Crippen molar-refractivity contribution in [3.63, 3.8) is 0 Å². The molecule has 0 radical (unpaired) electrons. The number of hydrogen-bond donors (Lipinski definition) is 1. The molecule has 0 amide bonds. The highest BCUT2D eigenvalue weighted by atomic mass is 35.5. The van der Waals surface area contributed by atoms with Gasteiger partial charge in [0.2, 0.25) is 0 Å². The number of aryl methyl sites for hydroxylation is 1. The Morgan fingerprint density at radius 1 is 1.41 bits per heavy atom. The van der Waals surface area contributed by atoms with Gasteiger partial charge >= 0.3 is 6.18 Å². The third-order valence-corrected chi connectivity index (χ3v) is 2.57. The lowest BCUT2D eigenvalue weighted by atomic mass is 10.1. The van der Waals surface area contributed by atoms with E-state index in [4.69, 9.17) is 22.1 Å². The van der Waals surface area contributed by atoms with Crippen molar-refractivity contribution < 1.29 is 17.9 Å². The van der Waals surface area contributed by atoms with Gasteiger partial charge in [0.1, 0.15) is 18.3 Å². The highest BCUT2D eigenvalue weighted by molar-refractivity contribution is 6.30. The maximum atomic E-state index is 12.4. The molecular formula is C11H13ClF3NO. The number of benzene rings is 1. The molecule has 0 bridgehead atoms. The van der Waals surface area contributed by atoms with Gasteiger partial charge in [-0.15, -0.1) is 0 Å². The molecule has 1 unspecified atom stereocenters. The third-order valence-electron chi connectivity index (χ3n) is 2.34. The minimum atomic E-state index is -4.35. The van der Waals surface area contributed by atoms with Crippen LogP contribution in [0.4, 0.5) is 13.2 Å². The minimum absolute atomic E-state index is 0.347. The quantitative estimate of drug-likeness (QED) is 0.909. The zero-order chi connectivity index (χ0) is 13.1. The predicted octanol–water partition coefficient (Wildman–Crippen LogP) is 3.16.